The fourth-order valence-electron chi connectivity index (χ4n) is 1.64. The van der Waals surface area contributed by atoms with Crippen LogP contribution in [0.3, 0.4) is 0 Å². The molecule has 1 amide bonds. The van der Waals surface area contributed by atoms with Crippen LogP contribution in [0, 0.1) is 5.92 Å². The summed E-state index contributed by atoms with van der Waals surface area (Å²) in [5, 5.41) is 0.861. The van der Waals surface area contributed by atoms with Gasteiger partial charge in [0, 0.05) is 24.8 Å². The maximum Gasteiger partial charge on any atom is 0.225 e. The average molecular weight is 264 g/mol. The standard InChI is InChI=1S/C11H22BrNO/c1-4-6-10(7-5-2)11(14)13(3)9-8-12/h10H,4-9H2,1-3H3. The number of amides is 1. The monoisotopic (exact) mass is 263 g/mol. The number of halogens is 1. The highest BCUT2D eigenvalue weighted by Gasteiger charge is 2.19. The summed E-state index contributed by atoms with van der Waals surface area (Å²) in [5.74, 6) is 0.558. The molecule has 0 heterocycles. The number of rotatable bonds is 7. The third-order valence-corrected chi connectivity index (χ3v) is 2.77. The molecule has 0 aliphatic rings. The van der Waals surface area contributed by atoms with Crippen molar-refractivity contribution in [3.8, 4) is 0 Å². The number of carbonyl (C=O) groups excluding carboxylic acids is 1. The predicted molar refractivity (Wildman–Crippen MR) is 64.7 cm³/mol. The van der Waals surface area contributed by atoms with E-state index in [9.17, 15) is 4.79 Å². The molecular formula is C11H22BrNO. The van der Waals surface area contributed by atoms with Crippen LogP contribution < -0.4 is 0 Å². The highest BCUT2D eigenvalue weighted by Crippen LogP contribution is 2.16. The summed E-state index contributed by atoms with van der Waals surface area (Å²) in [7, 11) is 1.89. The minimum Gasteiger partial charge on any atom is -0.345 e. The predicted octanol–water partition coefficient (Wildman–Crippen LogP) is 3.06. The third kappa shape index (κ3) is 4.99. The van der Waals surface area contributed by atoms with Crippen molar-refractivity contribution < 1.29 is 4.79 Å². The van der Waals surface area contributed by atoms with Crippen LogP contribution in [-0.2, 0) is 4.79 Å². The molecular weight excluding hydrogens is 242 g/mol. The first kappa shape index (κ1) is 13.9. The Bertz CT molecular complexity index is 155. The maximum atomic E-state index is 11.9. The number of nitrogens with zero attached hydrogens (tertiary/aromatic N) is 1. The molecule has 0 aliphatic carbocycles. The molecule has 3 heteroatoms. The summed E-state index contributed by atoms with van der Waals surface area (Å²) >= 11 is 3.35. The molecule has 2 nitrogen and oxygen atoms in total. The van der Waals surface area contributed by atoms with Crippen molar-refractivity contribution in [3.63, 3.8) is 0 Å². The molecule has 0 bridgehead atoms. The number of hydrogen-bond donors (Lipinski definition) is 0. The number of hydrogen-bond acceptors (Lipinski definition) is 1. The molecule has 0 saturated heterocycles. The molecule has 0 aromatic heterocycles. The molecule has 84 valence electrons. The maximum absolute atomic E-state index is 11.9. The van der Waals surface area contributed by atoms with E-state index in [0.717, 1.165) is 37.6 Å². The van der Waals surface area contributed by atoms with Gasteiger partial charge in [-0.25, -0.2) is 0 Å². The van der Waals surface area contributed by atoms with Crippen molar-refractivity contribution in [3.05, 3.63) is 0 Å². The van der Waals surface area contributed by atoms with Gasteiger partial charge in [0.25, 0.3) is 0 Å². The second-order valence-electron chi connectivity index (χ2n) is 3.72. The van der Waals surface area contributed by atoms with E-state index in [-0.39, 0.29) is 5.92 Å². The van der Waals surface area contributed by atoms with Crippen LogP contribution in [0.2, 0.25) is 0 Å². The fraction of sp³-hybridized carbons (Fsp3) is 0.909. The molecule has 0 spiro atoms. The molecule has 14 heavy (non-hydrogen) atoms. The van der Waals surface area contributed by atoms with Gasteiger partial charge in [-0.1, -0.05) is 42.6 Å². The summed E-state index contributed by atoms with van der Waals surface area (Å²) in [5.41, 5.74) is 0. The smallest absolute Gasteiger partial charge is 0.225 e. The topological polar surface area (TPSA) is 20.3 Å². The molecule has 0 N–H and O–H groups in total. The van der Waals surface area contributed by atoms with Crippen LogP contribution in [0.15, 0.2) is 0 Å². The van der Waals surface area contributed by atoms with Crippen LogP contribution >= 0.6 is 15.9 Å². The van der Waals surface area contributed by atoms with E-state index in [0.29, 0.717) is 5.91 Å². The Hall–Kier alpha value is -0.0500. The zero-order valence-corrected chi connectivity index (χ0v) is 11.1. The molecule has 0 fully saturated rings. The van der Waals surface area contributed by atoms with Crippen LogP contribution in [-0.4, -0.2) is 29.7 Å². The zero-order valence-electron chi connectivity index (χ0n) is 9.55. The van der Waals surface area contributed by atoms with Crippen LogP contribution in [0.25, 0.3) is 0 Å². The molecule has 0 rings (SSSR count). The van der Waals surface area contributed by atoms with Gasteiger partial charge in [0.15, 0.2) is 0 Å². The van der Waals surface area contributed by atoms with E-state index in [1.807, 2.05) is 11.9 Å². The molecule has 0 radical (unpaired) electrons. The van der Waals surface area contributed by atoms with E-state index in [1.54, 1.807) is 0 Å². The van der Waals surface area contributed by atoms with E-state index in [1.165, 1.54) is 0 Å². The number of carbonyl (C=O) groups is 1. The lowest BCUT2D eigenvalue weighted by Gasteiger charge is -2.22. The largest absolute Gasteiger partial charge is 0.345 e. The fourth-order valence-corrected chi connectivity index (χ4v) is 2.17. The van der Waals surface area contributed by atoms with Crippen molar-refractivity contribution in [2.75, 3.05) is 18.9 Å². The van der Waals surface area contributed by atoms with Crippen molar-refractivity contribution in [1.82, 2.24) is 4.90 Å². The SMILES string of the molecule is CCCC(CCC)C(=O)N(C)CCBr. The third-order valence-electron chi connectivity index (χ3n) is 2.42. The van der Waals surface area contributed by atoms with Gasteiger partial charge in [-0.2, -0.15) is 0 Å². The second kappa shape index (κ2) is 8.27. The van der Waals surface area contributed by atoms with Gasteiger partial charge < -0.3 is 4.90 Å². The molecule has 0 aromatic rings. The lowest BCUT2D eigenvalue weighted by Crippen LogP contribution is -2.34. The van der Waals surface area contributed by atoms with Gasteiger partial charge in [0.1, 0.15) is 0 Å². The Balaban J connectivity index is 4.11. The summed E-state index contributed by atoms with van der Waals surface area (Å²) < 4.78 is 0. The van der Waals surface area contributed by atoms with Crippen molar-refractivity contribution in [2.24, 2.45) is 5.92 Å². The Morgan fingerprint density at radius 3 is 2.14 bits per heavy atom. The molecule has 0 aromatic carbocycles. The van der Waals surface area contributed by atoms with Gasteiger partial charge >= 0.3 is 0 Å². The summed E-state index contributed by atoms with van der Waals surface area (Å²) in [6.07, 6.45) is 4.25. The van der Waals surface area contributed by atoms with Gasteiger partial charge in [0.05, 0.1) is 0 Å². The van der Waals surface area contributed by atoms with Gasteiger partial charge in [-0.15, -0.1) is 0 Å². The van der Waals surface area contributed by atoms with Crippen LogP contribution in [0.5, 0.6) is 0 Å². The van der Waals surface area contributed by atoms with Crippen molar-refractivity contribution in [1.29, 1.82) is 0 Å². The minimum atomic E-state index is 0.244. The van der Waals surface area contributed by atoms with E-state index >= 15 is 0 Å². The molecule has 0 aliphatic heterocycles. The molecule has 0 atom stereocenters. The minimum absolute atomic E-state index is 0.244. The summed E-state index contributed by atoms with van der Waals surface area (Å²) in [6.45, 7) is 5.09. The Morgan fingerprint density at radius 2 is 1.79 bits per heavy atom. The zero-order chi connectivity index (χ0) is 11.0. The normalized spacial score (nSPS) is 10.6. The van der Waals surface area contributed by atoms with Gasteiger partial charge in [-0.05, 0) is 12.8 Å². The first-order chi connectivity index (χ1) is 6.67. The Kier molecular flexibility index (Phi) is 8.24. The number of alkyl halides is 1. The summed E-state index contributed by atoms with van der Waals surface area (Å²) in [4.78, 5) is 13.8. The van der Waals surface area contributed by atoms with Crippen molar-refractivity contribution in [2.45, 2.75) is 39.5 Å². The Labute approximate surface area is 96.2 Å². The lowest BCUT2D eigenvalue weighted by molar-refractivity contribution is -0.134. The summed E-state index contributed by atoms with van der Waals surface area (Å²) in [6, 6.07) is 0. The van der Waals surface area contributed by atoms with Crippen molar-refractivity contribution >= 4 is 21.8 Å². The van der Waals surface area contributed by atoms with Gasteiger partial charge in [-0.3, -0.25) is 4.79 Å². The van der Waals surface area contributed by atoms with Gasteiger partial charge in [0.2, 0.25) is 5.91 Å². The van der Waals surface area contributed by atoms with E-state index in [4.69, 9.17) is 0 Å². The quantitative estimate of drug-likeness (QED) is 0.647. The Morgan fingerprint density at radius 1 is 1.29 bits per heavy atom. The second-order valence-corrected chi connectivity index (χ2v) is 4.52. The van der Waals surface area contributed by atoms with Crippen LogP contribution in [0.4, 0.5) is 0 Å². The average Bonchev–Trinajstić information content (AvgIpc) is 2.17. The highest BCUT2D eigenvalue weighted by molar-refractivity contribution is 9.09. The van der Waals surface area contributed by atoms with E-state index < -0.39 is 0 Å². The highest BCUT2D eigenvalue weighted by atomic mass is 79.9. The van der Waals surface area contributed by atoms with E-state index in [2.05, 4.69) is 29.8 Å². The first-order valence-corrected chi connectivity index (χ1v) is 6.60. The molecule has 0 unspecified atom stereocenters. The van der Waals surface area contributed by atoms with Crippen LogP contribution in [0.1, 0.15) is 39.5 Å². The first-order valence-electron chi connectivity index (χ1n) is 5.48. The molecule has 0 saturated carbocycles. The lowest BCUT2D eigenvalue weighted by atomic mass is 9.97.